The predicted molar refractivity (Wildman–Crippen MR) is 152 cm³/mol. The first kappa shape index (κ1) is 29.2. The summed E-state index contributed by atoms with van der Waals surface area (Å²) in [5.41, 5.74) is 2.33. The Morgan fingerprint density at radius 3 is 2.03 bits per heavy atom. The van der Waals surface area contributed by atoms with E-state index in [2.05, 4.69) is 5.32 Å². The number of sulfonamides is 1. The van der Waals surface area contributed by atoms with Crippen molar-refractivity contribution in [2.45, 2.75) is 38.8 Å². The summed E-state index contributed by atoms with van der Waals surface area (Å²) in [5, 5.41) is 3.38. The maximum Gasteiger partial charge on any atom is 0.243 e. The normalized spacial score (nSPS) is 12.0. The SMILES string of the molecule is CCNC(=O)C(Cc1ccccc1)N(Cc1ccccc1)C(=O)CCCN(c1ccc(Cl)cc1)S(C)(=O)=O. The second-order valence-corrected chi connectivity index (χ2v) is 11.4. The molecule has 0 saturated heterocycles. The van der Waals surface area contributed by atoms with Crippen LogP contribution in [0.2, 0.25) is 5.02 Å². The number of rotatable bonds is 13. The van der Waals surface area contributed by atoms with Crippen LogP contribution in [0.4, 0.5) is 5.69 Å². The Morgan fingerprint density at radius 1 is 0.895 bits per heavy atom. The van der Waals surface area contributed by atoms with Gasteiger partial charge in [-0.05, 0) is 48.7 Å². The van der Waals surface area contributed by atoms with Gasteiger partial charge in [-0.25, -0.2) is 8.42 Å². The number of hydrogen-bond acceptors (Lipinski definition) is 4. The fourth-order valence-corrected chi connectivity index (χ4v) is 5.33. The molecular weight excluding hydrogens is 522 g/mol. The highest BCUT2D eigenvalue weighted by atomic mass is 35.5. The average Bonchev–Trinajstić information content (AvgIpc) is 2.90. The monoisotopic (exact) mass is 555 g/mol. The van der Waals surface area contributed by atoms with Crippen LogP contribution in [0.5, 0.6) is 0 Å². The first-order valence-corrected chi connectivity index (χ1v) is 14.8. The molecule has 1 atom stereocenters. The number of nitrogens with zero attached hydrogens (tertiary/aromatic N) is 2. The second kappa shape index (κ2) is 14.0. The van der Waals surface area contributed by atoms with Crippen LogP contribution in [0.3, 0.4) is 0 Å². The Balaban J connectivity index is 1.83. The average molecular weight is 556 g/mol. The molecule has 0 heterocycles. The van der Waals surface area contributed by atoms with E-state index in [0.717, 1.165) is 17.4 Å². The van der Waals surface area contributed by atoms with Crippen LogP contribution in [0.15, 0.2) is 84.9 Å². The van der Waals surface area contributed by atoms with Crippen molar-refractivity contribution < 1.29 is 18.0 Å². The molecule has 1 unspecified atom stereocenters. The number of benzene rings is 3. The minimum atomic E-state index is -3.57. The standard InChI is InChI=1S/C29H34ClN3O4S/c1-3-31-29(35)27(21-23-11-6-4-7-12-23)32(22-24-13-8-5-9-14-24)28(34)15-10-20-33(38(2,36)37)26-18-16-25(30)17-19-26/h4-9,11-14,16-19,27H,3,10,15,20-22H2,1-2H3,(H,31,35). The van der Waals surface area contributed by atoms with E-state index in [1.165, 1.54) is 4.31 Å². The molecule has 1 N–H and O–H groups in total. The number of likely N-dealkylation sites (N-methyl/N-ethyl adjacent to an activating group) is 1. The van der Waals surface area contributed by atoms with E-state index in [1.807, 2.05) is 67.6 Å². The van der Waals surface area contributed by atoms with Gasteiger partial charge < -0.3 is 10.2 Å². The van der Waals surface area contributed by atoms with Crippen molar-refractivity contribution in [1.29, 1.82) is 0 Å². The third-order valence-corrected chi connectivity index (χ3v) is 7.53. The van der Waals surface area contributed by atoms with Crippen LogP contribution in [-0.4, -0.2) is 50.5 Å². The van der Waals surface area contributed by atoms with Crippen molar-refractivity contribution in [3.63, 3.8) is 0 Å². The van der Waals surface area contributed by atoms with Gasteiger partial charge in [0.25, 0.3) is 0 Å². The Morgan fingerprint density at radius 2 is 1.47 bits per heavy atom. The minimum absolute atomic E-state index is 0.0805. The molecule has 0 saturated carbocycles. The highest BCUT2D eigenvalue weighted by Gasteiger charge is 2.30. The van der Waals surface area contributed by atoms with E-state index < -0.39 is 16.1 Å². The number of anilines is 1. The van der Waals surface area contributed by atoms with Crippen molar-refractivity contribution in [2.24, 2.45) is 0 Å². The molecular formula is C29H34ClN3O4S. The summed E-state index contributed by atoms with van der Waals surface area (Å²) in [6, 6.07) is 24.9. The van der Waals surface area contributed by atoms with E-state index in [4.69, 9.17) is 11.6 Å². The minimum Gasteiger partial charge on any atom is -0.355 e. The molecule has 0 aliphatic carbocycles. The number of carbonyl (C=O) groups excluding carboxylic acids is 2. The van der Waals surface area contributed by atoms with Gasteiger partial charge in [0, 0.05) is 37.5 Å². The fraction of sp³-hybridized carbons (Fsp3) is 0.310. The summed E-state index contributed by atoms with van der Waals surface area (Å²) >= 11 is 5.96. The lowest BCUT2D eigenvalue weighted by molar-refractivity contribution is -0.141. The summed E-state index contributed by atoms with van der Waals surface area (Å²) in [4.78, 5) is 28.5. The molecule has 0 spiro atoms. The second-order valence-electron chi connectivity index (χ2n) is 9.02. The van der Waals surface area contributed by atoms with Crippen molar-refractivity contribution in [3.05, 3.63) is 101 Å². The topological polar surface area (TPSA) is 86.8 Å². The van der Waals surface area contributed by atoms with E-state index in [0.29, 0.717) is 23.7 Å². The lowest BCUT2D eigenvalue weighted by Gasteiger charge is -2.32. The van der Waals surface area contributed by atoms with Gasteiger partial charge in [0.1, 0.15) is 6.04 Å². The number of halogens is 1. The highest BCUT2D eigenvalue weighted by molar-refractivity contribution is 7.92. The van der Waals surface area contributed by atoms with E-state index in [-0.39, 0.29) is 37.7 Å². The molecule has 9 heteroatoms. The summed E-state index contributed by atoms with van der Waals surface area (Å²) in [6.45, 7) is 2.68. The van der Waals surface area contributed by atoms with Gasteiger partial charge in [-0.2, -0.15) is 0 Å². The van der Waals surface area contributed by atoms with E-state index in [9.17, 15) is 18.0 Å². The maximum absolute atomic E-state index is 13.7. The van der Waals surface area contributed by atoms with Crippen molar-refractivity contribution in [2.75, 3.05) is 23.7 Å². The lowest BCUT2D eigenvalue weighted by Crippen LogP contribution is -2.50. The molecule has 0 fully saturated rings. The third kappa shape index (κ3) is 8.60. The molecule has 2 amide bonds. The van der Waals surface area contributed by atoms with Gasteiger partial charge >= 0.3 is 0 Å². The van der Waals surface area contributed by atoms with Crippen LogP contribution < -0.4 is 9.62 Å². The van der Waals surface area contributed by atoms with Gasteiger partial charge in [-0.3, -0.25) is 13.9 Å². The lowest BCUT2D eigenvalue weighted by atomic mass is 10.0. The van der Waals surface area contributed by atoms with E-state index in [1.54, 1.807) is 29.2 Å². The van der Waals surface area contributed by atoms with Gasteiger partial charge in [-0.15, -0.1) is 0 Å². The van der Waals surface area contributed by atoms with Crippen LogP contribution in [0.25, 0.3) is 0 Å². The Labute approximate surface area is 230 Å². The maximum atomic E-state index is 13.7. The molecule has 3 rings (SSSR count). The Kier molecular flexibility index (Phi) is 10.7. The van der Waals surface area contributed by atoms with Gasteiger partial charge in [-0.1, -0.05) is 72.3 Å². The van der Waals surface area contributed by atoms with Crippen molar-refractivity contribution in [1.82, 2.24) is 10.2 Å². The molecule has 0 bridgehead atoms. The first-order valence-electron chi connectivity index (χ1n) is 12.6. The number of carbonyl (C=O) groups is 2. The molecule has 202 valence electrons. The zero-order chi connectivity index (χ0) is 27.5. The summed E-state index contributed by atoms with van der Waals surface area (Å²) in [6.07, 6.45) is 1.87. The summed E-state index contributed by atoms with van der Waals surface area (Å²) in [5.74, 6) is -0.440. The molecule has 0 aliphatic heterocycles. The highest BCUT2D eigenvalue weighted by Crippen LogP contribution is 2.22. The zero-order valence-electron chi connectivity index (χ0n) is 21.7. The molecule has 7 nitrogen and oxygen atoms in total. The van der Waals surface area contributed by atoms with Crippen LogP contribution in [-0.2, 0) is 32.6 Å². The number of hydrogen-bond donors (Lipinski definition) is 1. The van der Waals surface area contributed by atoms with E-state index >= 15 is 0 Å². The fourth-order valence-electron chi connectivity index (χ4n) is 4.24. The Hall–Kier alpha value is -3.36. The van der Waals surface area contributed by atoms with Gasteiger partial charge in [0.05, 0.1) is 11.9 Å². The van der Waals surface area contributed by atoms with Crippen LogP contribution >= 0.6 is 11.6 Å². The molecule has 3 aromatic rings. The molecule has 38 heavy (non-hydrogen) atoms. The third-order valence-electron chi connectivity index (χ3n) is 6.08. The summed E-state index contributed by atoms with van der Waals surface area (Å²) < 4.78 is 26.2. The largest absolute Gasteiger partial charge is 0.355 e. The number of nitrogens with one attached hydrogen (secondary N) is 1. The molecule has 0 aromatic heterocycles. The van der Waals surface area contributed by atoms with Gasteiger partial charge in [0.15, 0.2) is 0 Å². The van der Waals surface area contributed by atoms with Gasteiger partial charge in [0.2, 0.25) is 21.8 Å². The quantitative estimate of drug-likeness (QED) is 0.332. The van der Waals surface area contributed by atoms with Crippen molar-refractivity contribution >= 4 is 39.1 Å². The smallest absolute Gasteiger partial charge is 0.243 e. The first-order chi connectivity index (χ1) is 18.2. The summed E-state index contributed by atoms with van der Waals surface area (Å²) in [7, 11) is -3.57. The van der Waals surface area contributed by atoms with Crippen molar-refractivity contribution in [3.8, 4) is 0 Å². The molecule has 3 aromatic carbocycles. The predicted octanol–water partition coefficient (Wildman–Crippen LogP) is 4.66. The molecule has 0 aliphatic rings. The van der Waals surface area contributed by atoms with Crippen LogP contribution in [0.1, 0.15) is 30.9 Å². The zero-order valence-corrected chi connectivity index (χ0v) is 23.3. The number of amides is 2. The van der Waals surface area contributed by atoms with Crippen LogP contribution in [0, 0.1) is 0 Å². The molecule has 0 radical (unpaired) electrons. The Bertz CT molecular complexity index is 1290.